The van der Waals surface area contributed by atoms with E-state index in [4.69, 9.17) is 6.42 Å². The van der Waals surface area contributed by atoms with Gasteiger partial charge in [0.2, 0.25) is 5.95 Å². The van der Waals surface area contributed by atoms with Crippen LogP contribution < -0.4 is 10.2 Å². The minimum Gasteiger partial charge on any atom is -0.329 e. The van der Waals surface area contributed by atoms with E-state index >= 15 is 0 Å². The summed E-state index contributed by atoms with van der Waals surface area (Å²) in [6, 6.07) is 0. The van der Waals surface area contributed by atoms with Crippen molar-refractivity contribution >= 4 is 5.95 Å². The Morgan fingerprint density at radius 2 is 2.30 bits per heavy atom. The van der Waals surface area contributed by atoms with E-state index < -0.39 is 0 Å². The molecule has 1 aromatic rings. The molecule has 1 N–H and O–H groups in total. The van der Waals surface area contributed by atoms with Gasteiger partial charge in [-0.2, -0.15) is 0 Å². The van der Waals surface area contributed by atoms with Crippen molar-refractivity contribution in [3.8, 4) is 12.3 Å². The second-order valence-corrected chi connectivity index (χ2v) is 5.49. The van der Waals surface area contributed by atoms with Crippen LogP contribution in [0.25, 0.3) is 0 Å². The summed E-state index contributed by atoms with van der Waals surface area (Å²) in [7, 11) is 0. The third-order valence-corrected chi connectivity index (χ3v) is 3.55. The smallest absolute Gasteiger partial charge is 0.226 e. The van der Waals surface area contributed by atoms with Gasteiger partial charge in [0.05, 0.1) is 6.54 Å². The molecule has 0 unspecified atom stereocenters. The van der Waals surface area contributed by atoms with Crippen LogP contribution in [0.2, 0.25) is 0 Å². The number of terminal acetylenes is 1. The van der Waals surface area contributed by atoms with Crippen LogP contribution in [0.5, 0.6) is 0 Å². The molecule has 0 amide bonds. The lowest BCUT2D eigenvalue weighted by atomic mass is 10.2. The van der Waals surface area contributed by atoms with Gasteiger partial charge in [-0.05, 0) is 38.6 Å². The highest BCUT2D eigenvalue weighted by Gasteiger charge is 2.25. The molecule has 1 fully saturated rings. The van der Waals surface area contributed by atoms with Crippen molar-refractivity contribution in [1.82, 2.24) is 15.3 Å². The number of aromatic nitrogens is 2. The maximum Gasteiger partial charge on any atom is 0.226 e. The fourth-order valence-corrected chi connectivity index (χ4v) is 2.14. The van der Waals surface area contributed by atoms with Crippen molar-refractivity contribution in [2.75, 3.05) is 24.5 Å². The SMILES string of the molecule is C#CCN(CC1CC1)c1ncc(CNCCC)c(C)n1. The van der Waals surface area contributed by atoms with Crippen LogP contribution in [0.15, 0.2) is 6.20 Å². The Morgan fingerprint density at radius 1 is 1.50 bits per heavy atom. The quantitative estimate of drug-likeness (QED) is 0.581. The van der Waals surface area contributed by atoms with Gasteiger partial charge < -0.3 is 10.2 Å². The van der Waals surface area contributed by atoms with Crippen molar-refractivity contribution in [3.05, 3.63) is 17.5 Å². The maximum absolute atomic E-state index is 5.45. The molecule has 0 radical (unpaired) electrons. The Morgan fingerprint density at radius 3 is 2.90 bits per heavy atom. The lowest BCUT2D eigenvalue weighted by Gasteiger charge is -2.20. The molecule has 0 aromatic carbocycles. The van der Waals surface area contributed by atoms with E-state index in [0.29, 0.717) is 6.54 Å². The van der Waals surface area contributed by atoms with Crippen LogP contribution >= 0.6 is 0 Å². The summed E-state index contributed by atoms with van der Waals surface area (Å²) in [5.41, 5.74) is 2.20. The first-order valence-electron chi connectivity index (χ1n) is 7.46. The number of anilines is 1. The highest BCUT2D eigenvalue weighted by atomic mass is 15.2. The monoisotopic (exact) mass is 272 g/mol. The molecule has 1 heterocycles. The Bertz CT molecular complexity index is 474. The Labute approximate surface area is 122 Å². The molecule has 20 heavy (non-hydrogen) atoms. The summed E-state index contributed by atoms with van der Waals surface area (Å²) < 4.78 is 0. The molecule has 4 nitrogen and oxygen atoms in total. The molecule has 0 saturated heterocycles. The van der Waals surface area contributed by atoms with Crippen molar-refractivity contribution in [1.29, 1.82) is 0 Å². The van der Waals surface area contributed by atoms with Gasteiger partial charge >= 0.3 is 0 Å². The second-order valence-electron chi connectivity index (χ2n) is 5.49. The molecule has 0 bridgehead atoms. The minimum absolute atomic E-state index is 0.587. The topological polar surface area (TPSA) is 41.1 Å². The Kier molecular flexibility index (Phi) is 5.37. The van der Waals surface area contributed by atoms with Gasteiger partial charge in [-0.15, -0.1) is 6.42 Å². The highest BCUT2D eigenvalue weighted by Crippen LogP contribution is 2.30. The summed E-state index contributed by atoms with van der Waals surface area (Å²) in [6.45, 7) is 7.62. The Hall–Kier alpha value is -1.60. The third kappa shape index (κ3) is 4.21. The molecule has 4 heteroatoms. The van der Waals surface area contributed by atoms with Gasteiger partial charge in [-0.25, -0.2) is 9.97 Å². The largest absolute Gasteiger partial charge is 0.329 e. The molecule has 0 atom stereocenters. The van der Waals surface area contributed by atoms with E-state index in [-0.39, 0.29) is 0 Å². The average molecular weight is 272 g/mol. The summed E-state index contributed by atoms with van der Waals surface area (Å²) in [5, 5.41) is 3.38. The zero-order chi connectivity index (χ0) is 14.4. The molecule has 108 valence electrons. The van der Waals surface area contributed by atoms with Crippen LogP contribution in [0.4, 0.5) is 5.95 Å². The van der Waals surface area contributed by atoms with Gasteiger partial charge in [-0.1, -0.05) is 12.8 Å². The first kappa shape index (κ1) is 14.8. The Balaban J connectivity index is 2.03. The van der Waals surface area contributed by atoms with Gasteiger partial charge in [-0.3, -0.25) is 0 Å². The minimum atomic E-state index is 0.587. The first-order chi connectivity index (χ1) is 9.74. The molecule has 1 aliphatic carbocycles. The van der Waals surface area contributed by atoms with Crippen molar-refractivity contribution in [2.24, 2.45) is 5.92 Å². The summed E-state index contributed by atoms with van der Waals surface area (Å²) in [4.78, 5) is 11.2. The second kappa shape index (κ2) is 7.25. The fraction of sp³-hybridized carbons (Fsp3) is 0.625. The number of rotatable bonds is 8. The maximum atomic E-state index is 5.45. The molecule has 1 aliphatic rings. The van der Waals surface area contributed by atoms with Crippen LogP contribution in [-0.2, 0) is 6.54 Å². The lowest BCUT2D eigenvalue weighted by Crippen LogP contribution is -2.28. The van der Waals surface area contributed by atoms with E-state index in [0.717, 1.165) is 49.2 Å². The molecule has 2 rings (SSSR count). The van der Waals surface area contributed by atoms with Gasteiger partial charge in [0.15, 0.2) is 0 Å². The van der Waals surface area contributed by atoms with Gasteiger partial charge in [0.1, 0.15) is 0 Å². The molecule has 0 spiro atoms. The first-order valence-corrected chi connectivity index (χ1v) is 7.46. The van der Waals surface area contributed by atoms with Crippen molar-refractivity contribution in [3.63, 3.8) is 0 Å². The van der Waals surface area contributed by atoms with Crippen molar-refractivity contribution in [2.45, 2.75) is 39.7 Å². The standard InChI is InChI=1S/C16H24N4/c1-4-8-17-10-15-11-18-16(19-13(15)3)20(9-5-2)12-14-6-7-14/h2,11,14,17H,4,6-10,12H2,1,3H3. The normalized spacial score (nSPS) is 14.1. The molecular formula is C16H24N4. The van der Waals surface area contributed by atoms with Crippen LogP contribution in [-0.4, -0.2) is 29.6 Å². The lowest BCUT2D eigenvalue weighted by molar-refractivity contribution is 0.666. The summed E-state index contributed by atoms with van der Waals surface area (Å²) in [6.07, 6.45) is 11.1. The summed E-state index contributed by atoms with van der Waals surface area (Å²) >= 11 is 0. The van der Waals surface area contributed by atoms with Gasteiger partial charge in [0.25, 0.3) is 0 Å². The molecule has 1 aromatic heterocycles. The van der Waals surface area contributed by atoms with E-state index in [9.17, 15) is 0 Å². The third-order valence-electron chi connectivity index (χ3n) is 3.55. The van der Waals surface area contributed by atoms with Crippen LogP contribution in [0.1, 0.15) is 37.4 Å². The molecule has 0 aliphatic heterocycles. The summed E-state index contributed by atoms with van der Waals surface area (Å²) in [5.74, 6) is 4.26. The van der Waals surface area contributed by atoms with Gasteiger partial charge in [0, 0.05) is 30.5 Å². The highest BCUT2D eigenvalue weighted by molar-refractivity contribution is 5.35. The number of hydrogen-bond acceptors (Lipinski definition) is 4. The van der Waals surface area contributed by atoms with E-state index in [2.05, 4.69) is 33.0 Å². The zero-order valence-electron chi connectivity index (χ0n) is 12.5. The average Bonchev–Trinajstić information content (AvgIpc) is 3.24. The van der Waals surface area contributed by atoms with Crippen LogP contribution in [0, 0.1) is 25.2 Å². The predicted octanol–water partition coefficient (Wildman–Crippen LogP) is 2.13. The van der Waals surface area contributed by atoms with E-state index in [1.807, 2.05) is 13.1 Å². The number of nitrogens with one attached hydrogen (secondary N) is 1. The number of nitrogens with zero attached hydrogens (tertiary/aromatic N) is 3. The van der Waals surface area contributed by atoms with E-state index in [1.54, 1.807) is 0 Å². The fourth-order valence-electron chi connectivity index (χ4n) is 2.14. The molecule has 1 saturated carbocycles. The number of aryl methyl sites for hydroxylation is 1. The van der Waals surface area contributed by atoms with Crippen LogP contribution in [0.3, 0.4) is 0 Å². The predicted molar refractivity (Wildman–Crippen MR) is 82.5 cm³/mol. The van der Waals surface area contributed by atoms with Crippen molar-refractivity contribution < 1.29 is 0 Å². The van der Waals surface area contributed by atoms with E-state index in [1.165, 1.54) is 12.8 Å². The zero-order valence-corrected chi connectivity index (χ0v) is 12.5. The number of hydrogen-bond donors (Lipinski definition) is 1. The molecular weight excluding hydrogens is 248 g/mol.